The number of rotatable bonds is 3. The van der Waals surface area contributed by atoms with Crippen molar-refractivity contribution in [2.75, 3.05) is 13.1 Å². The molecule has 2 aliphatic rings. The summed E-state index contributed by atoms with van der Waals surface area (Å²) < 4.78 is 2.12. The van der Waals surface area contributed by atoms with Gasteiger partial charge >= 0.3 is 0 Å². The Hall–Kier alpha value is -1.55. The molecule has 1 aromatic heterocycles. The van der Waals surface area contributed by atoms with Crippen molar-refractivity contribution in [3.8, 4) is 0 Å². The Bertz CT molecular complexity index is 933. The fourth-order valence-electron chi connectivity index (χ4n) is 4.76. The molecule has 5 heteroatoms. The standard InChI is InChI=1S/C20H19Cl2N3/c21-16-6-5-15(9-17(16)22)20-7-8-23-12-19(20,11-20)13-25-10-14-3-1-2-4-18(14)24-25/h1-6,9-10,23H,7-8,11-13H2/t19?,20-/m1/s1. The van der Waals surface area contributed by atoms with Gasteiger partial charge in [-0.05, 0) is 43.1 Å². The van der Waals surface area contributed by atoms with Gasteiger partial charge in [-0.3, -0.25) is 4.68 Å². The molecule has 0 radical (unpaired) electrons. The van der Waals surface area contributed by atoms with E-state index in [0.717, 1.165) is 31.6 Å². The lowest BCUT2D eigenvalue weighted by Gasteiger charge is -2.32. The molecule has 3 nitrogen and oxygen atoms in total. The van der Waals surface area contributed by atoms with Gasteiger partial charge in [0.15, 0.2) is 0 Å². The van der Waals surface area contributed by atoms with Crippen molar-refractivity contribution < 1.29 is 0 Å². The molecule has 2 fully saturated rings. The van der Waals surface area contributed by atoms with Gasteiger partial charge in [-0.25, -0.2) is 0 Å². The average molecular weight is 372 g/mol. The van der Waals surface area contributed by atoms with Gasteiger partial charge in [-0.1, -0.05) is 47.5 Å². The molecule has 2 atom stereocenters. The Balaban J connectivity index is 1.51. The van der Waals surface area contributed by atoms with Crippen molar-refractivity contribution in [2.24, 2.45) is 5.41 Å². The number of benzene rings is 2. The lowest BCUT2D eigenvalue weighted by molar-refractivity contribution is 0.276. The quantitative estimate of drug-likeness (QED) is 0.725. The highest BCUT2D eigenvalue weighted by Crippen LogP contribution is 2.68. The van der Waals surface area contributed by atoms with Gasteiger partial charge in [-0.2, -0.15) is 5.10 Å². The minimum absolute atomic E-state index is 0.185. The smallest absolute Gasteiger partial charge is 0.0923 e. The predicted molar refractivity (Wildman–Crippen MR) is 102 cm³/mol. The zero-order chi connectivity index (χ0) is 17.1. The first-order valence-corrected chi connectivity index (χ1v) is 9.46. The molecule has 128 valence electrons. The summed E-state index contributed by atoms with van der Waals surface area (Å²) in [6, 6.07) is 14.4. The van der Waals surface area contributed by atoms with Crippen LogP contribution in [0.5, 0.6) is 0 Å². The molecule has 1 unspecified atom stereocenters. The van der Waals surface area contributed by atoms with Crippen LogP contribution in [-0.2, 0) is 12.0 Å². The third-order valence-corrected chi connectivity index (χ3v) is 6.86. The number of piperidine rings is 1. The number of aromatic nitrogens is 2. The predicted octanol–water partition coefficient (Wildman–Crippen LogP) is 4.66. The van der Waals surface area contributed by atoms with E-state index >= 15 is 0 Å². The SMILES string of the molecule is Clc1ccc([C@]23CCNCC2(Cn2cc4ccccc4n2)C3)cc1Cl. The lowest BCUT2D eigenvalue weighted by atomic mass is 9.81. The molecule has 1 saturated carbocycles. The molecule has 2 aromatic carbocycles. The Kier molecular flexibility index (Phi) is 3.43. The monoisotopic (exact) mass is 371 g/mol. The van der Waals surface area contributed by atoms with Gasteiger partial charge < -0.3 is 5.32 Å². The molecular formula is C20H19Cl2N3. The summed E-state index contributed by atoms with van der Waals surface area (Å²) >= 11 is 12.4. The van der Waals surface area contributed by atoms with Gasteiger partial charge in [0.2, 0.25) is 0 Å². The first kappa shape index (κ1) is 15.7. The van der Waals surface area contributed by atoms with Crippen molar-refractivity contribution in [3.05, 3.63) is 64.3 Å². The van der Waals surface area contributed by atoms with Crippen molar-refractivity contribution in [1.29, 1.82) is 0 Å². The van der Waals surface area contributed by atoms with Gasteiger partial charge in [0.25, 0.3) is 0 Å². The Labute approximate surface area is 156 Å². The van der Waals surface area contributed by atoms with Gasteiger partial charge in [0, 0.05) is 35.5 Å². The first-order valence-electron chi connectivity index (χ1n) is 8.70. The van der Waals surface area contributed by atoms with E-state index < -0.39 is 0 Å². The van der Waals surface area contributed by atoms with E-state index in [4.69, 9.17) is 28.3 Å². The minimum atomic E-state index is 0.185. The first-order chi connectivity index (χ1) is 12.1. The number of nitrogens with one attached hydrogen (secondary N) is 1. The number of nitrogens with zero attached hydrogens (tertiary/aromatic N) is 2. The molecule has 0 bridgehead atoms. The molecule has 2 heterocycles. The summed E-state index contributed by atoms with van der Waals surface area (Å²) in [7, 11) is 0. The number of hydrogen-bond donors (Lipinski definition) is 1. The van der Waals surface area contributed by atoms with E-state index in [-0.39, 0.29) is 10.8 Å². The lowest BCUT2D eigenvalue weighted by Crippen LogP contribution is -2.40. The molecule has 3 aromatic rings. The van der Waals surface area contributed by atoms with Crippen LogP contribution in [0.1, 0.15) is 18.4 Å². The van der Waals surface area contributed by atoms with Crippen molar-refractivity contribution in [1.82, 2.24) is 15.1 Å². The largest absolute Gasteiger partial charge is 0.316 e. The normalized spacial score (nSPS) is 28.1. The third-order valence-electron chi connectivity index (χ3n) is 6.12. The van der Waals surface area contributed by atoms with E-state index in [2.05, 4.69) is 46.5 Å². The molecule has 1 aliphatic carbocycles. The van der Waals surface area contributed by atoms with E-state index in [1.807, 2.05) is 12.1 Å². The van der Waals surface area contributed by atoms with Crippen LogP contribution < -0.4 is 5.32 Å². The molecule has 0 amide bonds. The third kappa shape index (κ3) is 2.33. The summed E-state index contributed by atoms with van der Waals surface area (Å²) in [5.41, 5.74) is 2.76. The minimum Gasteiger partial charge on any atom is -0.316 e. The maximum atomic E-state index is 6.31. The van der Waals surface area contributed by atoms with Crippen LogP contribution in [0.4, 0.5) is 0 Å². The maximum Gasteiger partial charge on any atom is 0.0923 e. The molecule has 25 heavy (non-hydrogen) atoms. The Morgan fingerprint density at radius 1 is 1.12 bits per heavy atom. The summed E-state index contributed by atoms with van der Waals surface area (Å²) in [4.78, 5) is 0. The summed E-state index contributed by atoms with van der Waals surface area (Å²) in [6.07, 6.45) is 4.46. The van der Waals surface area contributed by atoms with E-state index in [0.29, 0.717) is 10.0 Å². The molecule has 1 N–H and O–H groups in total. The second-order valence-electron chi connectivity index (χ2n) is 7.48. The number of halogens is 2. The van der Waals surface area contributed by atoms with Crippen LogP contribution in [0.3, 0.4) is 0 Å². The molecular weight excluding hydrogens is 353 g/mol. The second kappa shape index (κ2) is 5.47. The molecule has 0 spiro atoms. The summed E-state index contributed by atoms with van der Waals surface area (Å²) in [6.45, 7) is 2.99. The maximum absolute atomic E-state index is 6.31. The molecule has 1 saturated heterocycles. The molecule has 1 aliphatic heterocycles. The number of hydrogen-bond acceptors (Lipinski definition) is 2. The fourth-order valence-corrected chi connectivity index (χ4v) is 5.06. The van der Waals surface area contributed by atoms with Gasteiger partial charge in [0.1, 0.15) is 0 Å². The van der Waals surface area contributed by atoms with Crippen LogP contribution in [0.2, 0.25) is 10.0 Å². The number of fused-ring (bicyclic) bond motifs is 2. The Morgan fingerprint density at radius 3 is 2.84 bits per heavy atom. The zero-order valence-electron chi connectivity index (χ0n) is 13.8. The zero-order valence-corrected chi connectivity index (χ0v) is 15.3. The second-order valence-corrected chi connectivity index (χ2v) is 8.29. The molecule has 5 rings (SSSR count). The fraction of sp³-hybridized carbons (Fsp3) is 0.350. The Morgan fingerprint density at radius 2 is 2.00 bits per heavy atom. The van der Waals surface area contributed by atoms with Gasteiger partial charge in [-0.15, -0.1) is 0 Å². The summed E-state index contributed by atoms with van der Waals surface area (Å²) in [5.74, 6) is 0. The van der Waals surface area contributed by atoms with E-state index in [1.54, 1.807) is 0 Å². The van der Waals surface area contributed by atoms with Crippen LogP contribution in [0.15, 0.2) is 48.7 Å². The van der Waals surface area contributed by atoms with Crippen molar-refractivity contribution in [2.45, 2.75) is 24.8 Å². The summed E-state index contributed by atoms with van der Waals surface area (Å²) in [5, 5.41) is 10.8. The van der Waals surface area contributed by atoms with E-state index in [9.17, 15) is 0 Å². The van der Waals surface area contributed by atoms with Crippen LogP contribution in [0, 0.1) is 5.41 Å². The highest BCUT2D eigenvalue weighted by Gasteiger charge is 2.68. The topological polar surface area (TPSA) is 29.9 Å². The van der Waals surface area contributed by atoms with E-state index in [1.165, 1.54) is 17.4 Å². The average Bonchev–Trinajstić information content (AvgIpc) is 3.12. The van der Waals surface area contributed by atoms with Crippen LogP contribution in [0.25, 0.3) is 10.9 Å². The van der Waals surface area contributed by atoms with Crippen LogP contribution >= 0.6 is 23.2 Å². The van der Waals surface area contributed by atoms with Gasteiger partial charge in [0.05, 0.1) is 15.6 Å². The van der Waals surface area contributed by atoms with Crippen molar-refractivity contribution >= 4 is 34.1 Å². The van der Waals surface area contributed by atoms with Crippen LogP contribution in [-0.4, -0.2) is 22.9 Å². The highest BCUT2D eigenvalue weighted by molar-refractivity contribution is 6.42. The van der Waals surface area contributed by atoms with Crippen molar-refractivity contribution in [3.63, 3.8) is 0 Å². The highest BCUT2D eigenvalue weighted by atomic mass is 35.5.